The highest BCUT2D eigenvalue weighted by atomic mass is 15.3. The van der Waals surface area contributed by atoms with E-state index >= 15 is 0 Å². The normalized spacial score (nSPS) is 11.2. The maximum atomic E-state index is 5.41. The number of nitrogens with zero attached hydrogens (tertiary/aromatic N) is 1. The monoisotopic (exact) mass is 233 g/mol. The second-order valence-corrected chi connectivity index (χ2v) is 3.51. The average Bonchev–Trinajstić information content (AvgIpc) is 2.29. The van der Waals surface area contributed by atoms with Crippen LogP contribution in [0.1, 0.15) is 0 Å². The van der Waals surface area contributed by atoms with Gasteiger partial charge in [-0.2, -0.15) is 0 Å². The van der Waals surface area contributed by atoms with Crippen LogP contribution in [0.25, 0.3) is 0 Å². The molecule has 0 aromatic heterocycles. The molecule has 98 valence electrons. The van der Waals surface area contributed by atoms with E-state index in [0.717, 1.165) is 39.6 Å². The van der Waals surface area contributed by atoms with Gasteiger partial charge < -0.3 is 33.2 Å². The highest BCUT2D eigenvalue weighted by Crippen LogP contribution is 1.79. The molecule has 0 rings (SSSR count). The van der Waals surface area contributed by atoms with Crippen molar-refractivity contribution in [3.05, 3.63) is 0 Å². The van der Waals surface area contributed by atoms with Gasteiger partial charge in [0.05, 0.1) is 20.0 Å². The third-order valence-electron chi connectivity index (χ3n) is 1.97. The lowest BCUT2D eigenvalue weighted by Gasteiger charge is -2.23. The Morgan fingerprint density at radius 3 is 1.19 bits per heavy atom. The number of rotatable bonds is 12. The molecule has 0 bridgehead atoms. The van der Waals surface area contributed by atoms with E-state index in [1.807, 2.05) is 0 Å². The van der Waals surface area contributed by atoms with Crippen LogP contribution in [-0.4, -0.2) is 64.2 Å². The van der Waals surface area contributed by atoms with Gasteiger partial charge in [-0.05, 0) is 0 Å². The van der Waals surface area contributed by atoms with E-state index in [-0.39, 0.29) is 0 Å². The predicted octanol–water partition coefficient (Wildman–Crippen LogP) is -3.19. The molecular formula is C9H27N7. The summed E-state index contributed by atoms with van der Waals surface area (Å²) < 4.78 is 0. The third-order valence-corrected chi connectivity index (χ3v) is 1.97. The minimum Gasteiger partial charge on any atom is -0.329 e. The van der Waals surface area contributed by atoms with Crippen molar-refractivity contribution < 1.29 is 0 Å². The van der Waals surface area contributed by atoms with Crippen LogP contribution in [0.3, 0.4) is 0 Å². The van der Waals surface area contributed by atoms with Gasteiger partial charge in [-0.15, -0.1) is 0 Å². The van der Waals surface area contributed by atoms with Crippen molar-refractivity contribution in [3.8, 4) is 0 Å². The lowest BCUT2D eigenvalue weighted by Crippen LogP contribution is -2.47. The lowest BCUT2D eigenvalue weighted by molar-refractivity contribution is 0.220. The van der Waals surface area contributed by atoms with E-state index in [2.05, 4.69) is 20.9 Å². The van der Waals surface area contributed by atoms with Gasteiger partial charge in [-0.25, -0.2) is 0 Å². The van der Waals surface area contributed by atoms with Crippen molar-refractivity contribution >= 4 is 0 Å². The van der Waals surface area contributed by atoms with E-state index in [0.29, 0.717) is 19.6 Å². The molecule has 0 amide bonds. The summed E-state index contributed by atoms with van der Waals surface area (Å²) in [6, 6.07) is 0. The summed E-state index contributed by atoms with van der Waals surface area (Å²) in [4.78, 5) is 2.20. The summed E-state index contributed by atoms with van der Waals surface area (Å²) in [5.74, 6) is 0. The Morgan fingerprint density at radius 2 is 0.938 bits per heavy atom. The fourth-order valence-electron chi connectivity index (χ4n) is 1.19. The Morgan fingerprint density at radius 1 is 0.625 bits per heavy atom. The number of hydrogen-bond acceptors (Lipinski definition) is 7. The smallest absolute Gasteiger partial charge is 0.0505 e. The summed E-state index contributed by atoms with van der Waals surface area (Å²) >= 11 is 0. The van der Waals surface area contributed by atoms with Crippen LogP contribution in [0.15, 0.2) is 0 Å². The van der Waals surface area contributed by atoms with Crippen LogP contribution in [0.4, 0.5) is 0 Å². The topological polar surface area (TPSA) is 117 Å². The van der Waals surface area contributed by atoms with Crippen LogP contribution in [0, 0.1) is 0 Å². The van der Waals surface area contributed by atoms with Gasteiger partial charge in [0.25, 0.3) is 0 Å². The van der Waals surface area contributed by atoms with Crippen molar-refractivity contribution in [2.75, 3.05) is 59.3 Å². The summed E-state index contributed by atoms with van der Waals surface area (Å²) in [5, 5.41) is 9.74. The van der Waals surface area contributed by atoms with Gasteiger partial charge in [-0.1, -0.05) is 0 Å². The first-order valence-corrected chi connectivity index (χ1v) is 5.79. The Kier molecular flexibility index (Phi) is 12.6. The molecule has 0 spiro atoms. The van der Waals surface area contributed by atoms with Gasteiger partial charge in [0, 0.05) is 39.3 Å². The third kappa shape index (κ3) is 10.2. The summed E-state index contributed by atoms with van der Waals surface area (Å²) in [6.45, 7) is 6.82. The molecule has 0 saturated carbocycles. The van der Waals surface area contributed by atoms with Gasteiger partial charge in [0.1, 0.15) is 0 Å². The first-order chi connectivity index (χ1) is 7.85. The predicted molar refractivity (Wildman–Crippen MR) is 67.6 cm³/mol. The van der Waals surface area contributed by atoms with E-state index < -0.39 is 0 Å². The molecule has 0 aliphatic carbocycles. The van der Waals surface area contributed by atoms with E-state index in [9.17, 15) is 0 Å². The fourth-order valence-corrected chi connectivity index (χ4v) is 1.19. The van der Waals surface area contributed by atoms with Crippen LogP contribution >= 0.6 is 0 Å². The maximum absolute atomic E-state index is 5.41. The van der Waals surface area contributed by atoms with E-state index in [1.54, 1.807) is 0 Å². The molecule has 0 heterocycles. The minimum atomic E-state index is 0.653. The van der Waals surface area contributed by atoms with Crippen molar-refractivity contribution in [2.24, 2.45) is 17.2 Å². The van der Waals surface area contributed by atoms with Crippen LogP contribution in [0.5, 0.6) is 0 Å². The molecule has 0 unspecified atom stereocenters. The Hall–Kier alpha value is -0.280. The van der Waals surface area contributed by atoms with Crippen molar-refractivity contribution in [1.29, 1.82) is 0 Å². The fraction of sp³-hybridized carbons (Fsp3) is 1.00. The zero-order chi connectivity index (χ0) is 12.1. The molecule has 0 aliphatic rings. The van der Waals surface area contributed by atoms with Crippen molar-refractivity contribution in [2.45, 2.75) is 0 Å². The SMILES string of the molecule is NCCNCN(CNCCN)CNCCN. The van der Waals surface area contributed by atoms with Crippen molar-refractivity contribution in [3.63, 3.8) is 0 Å². The summed E-state index contributed by atoms with van der Waals surface area (Å²) in [5.41, 5.74) is 16.2. The zero-order valence-electron chi connectivity index (χ0n) is 10.0. The van der Waals surface area contributed by atoms with Crippen LogP contribution < -0.4 is 33.2 Å². The molecule has 0 radical (unpaired) electrons. The van der Waals surface area contributed by atoms with E-state index in [4.69, 9.17) is 17.2 Å². The highest BCUT2D eigenvalue weighted by Gasteiger charge is 2.01. The number of nitrogens with two attached hydrogens (primary N) is 3. The standard InChI is InChI=1S/C9H27N7/c10-1-4-13-7-16(8-14-5-2-11)9-15-6-3-12/h13-15H,1-12H2. The lowest BCUT2D eigenvalue weighted by atomic mass is 10.6. The summed E-state index contributed by atoms with van der Waals surface area (Å²) in [7, 11) is 0. The Bertz CT molecular complexity index is 109. The first kappa shape index (κ1) is 15.7. The highest BCUT2D eigenvalue weighted by molar-refractivity contribution is 4.56. The van der Waals surface area contributed by atoms with Gasteiger partial charge >= 0.3 is 0 Å². The molecule has 0 aromatic rings. The van der Waals surface area contributed by atoms with Gasteiger partial charge in [0.15, 0.2) is 0 Å². The Labute approximate surface area is 98.1 Å². The van der Waals surface area contributed by atoms with Gasteiger partial charge in [-0.3, -0.25) is 4.90 Å². The van der Waals surface area contributed by atoms with Crippen LogP contribution in [-0.2, 0) is 0 Å². The largest absolute Gasteiger partial charge is 0.329 e. The summed E-state index contributed by atoms with van der Waals surface area (Å²) in [6.07, 6.45) is 0. The Balaban J connectivity index is 3.58. The maximum Gasteiger partial charge on any atom is 0.0505 e. The number of hydrogen-bond donors (Lipinski definition) is 6. The molecular weight excluding hydrogens is 206 g/mol. The molecule has 16 heavy (non-hydrogen) atoms. The number of nitrogens with one attached hydrogen (secondary N) is 3. The molecule has 7 heteroatoms. The molecule has 0 saturated heterocycles. The second-order valence-electron chi connectivity index (χ2n) is 3.51. The average molecular weight is 233 g/mol. The van der Waals surface area contributed by atoms with Crippen molar-refractivity contribution in [1.82, 2.24) is 20.9 Å². The van der Waals surface area contributed by atoms with E-state index in [1.165, 1.54) is 0 Å². The molecule has 9 N–H and O–H groups in total. The first-order valence-electron chi connectivity index (χ1n) is 5.79. The molecule has 0 fully saturated rings. The van der Waals surface area contributed by atoms with Gasteiger partial charge in [0.2, 0.25) is 0 Å². The van der Waals surface area contributed by atoms with Crippen LogP contribution in [0.2, 0.25) is 0 Å². The molecule has 0 aliphatic heterocycles. The quantitative estimate of drug-likeness (QED) is 0.155. The molecule has 7 nitrogen and oxygen atoms in total. The molecule has 0 atom stereocenters. The molecule has 0 aromatic carbocycles. The minimum absolute atomic E-state index is 0.653. The zero-order valence-corrected chi connectivity index (χ0v) is 10.0. The second kappa shape index (κ2) is 12.8.